The number of rotatable bonds is 7. The molecule has 1 aliphatic rings. The van der Waals surface area contributed by atoms with Crippen molar-refractivity contribution in [2.24, 2.45) is 0 Å². The summed E-state index contributed by atoms with van der Waals surface area (Å²) < 4.78 is 0. The van der Waals surface area contributed by atoms with Crippen LogP contribution in [0.2, 0.25) is 0 Å². The summed E-state index contributed by atoms with van der Waals surface area (Å²) in [4.78, 5) is 17.9. The molecule has 4 rings (SSSR count). The minimum absolute atomic E-state index is 0.0218. The van der Waals surface area contributed by atoms with Crippen LogP contribution in [0.1, 0.15) is 66.6 Å². The smallest absolute Gasteiger partial charge is 0.234 e. The Balaban J connectivity index is 1.49. The number of nitrogens with one attached hydrogen (secondary N) is 1. The van der Waals surface area contributed by atoms with Gasteiger partial charge in [0.25, 0.3) is 0 Å². The van der Waals surface area contributed by atoms with Gasteiger partial charge in [-0.05, 0) is 61.3 Å². The van der Waals surface area contributed by atoms with E-state index in [0.717, 1.165) is 36.1 Å². The molecular weight excluding hydrogens is 426 g/mol. The first kappa shape index (κ1) is 23.1. The number of benzene rings is 2. The van der Waals surface area contributed by atoms with Crippen LogP contribution in [0.5, 0.6) is 0 Å². The van der Waals surface area contributed by atoms with Crippen molar-refractivity contribution in [1.29, 1.82) is 5.26 Å². The van der Waals surface area contributed by atoms with Gasteiger partial charge in [0.15, 0.2) is 0 Å². The van der Waals surface area contributed by atoms with Crippen LogP contribution >= 0.6 is 11.8 Å². The van der Waals surface area contributed by atoms with E-state index >= 15 is 0 Å². The highest BCUT2D eigenvalue weighted by molar-refractivity contribution is 8.00. The molecule has 3 aromatic rings. The number of hydrogen-bond acceptors (Lipinski definition) is 4. The van der Waals surface area contributed by atoms with E-state index in [1.54, 1.807) is 0 Å². The lowest BCUT2D eigenvalue weighted by atomic mass is 9.82. The lowest BCUT2D eigenvalue weighted by molar-refractivity contribution is -0.121. The zero-order chi connectivity index (χ0) is 23.2. The second-order valence-electron chi connectivity index (χ2n) is 8.56. The molecule has 5 heteroatoms. The number of carbonyl (C=O) groups is 1. The zero-order valence-electron chi connectivity index (χ0n) is 19.1. The summed E-state index contributed by atoms with van der Waals surface area (Å²) in [5.74, 6) is 0.436. The van der Waals surface area contributed by atoms with Gasteiger partial charge in [-0.15, -0.1) is 0 Å². The molecule has 0 bridgehead atoms. The van der Waals surface area contributed by atoms with E-state index in [4.69, 9.17) is 4.98 Å². The third-order valence-corrected chi connectivity index (χ3v) is 7.69. The number of carbonyl (C=O) groups excluding carboxylic acids is 1. The zero-order valence-corrected chi connectivity index (χ0v) is 19.9. The Morgan fingerprint density at radius 3 is 2.55 bits per heavy atom. The Kier molecular flexibility index (Phi) is 7.47. The van der Waals surface area contributed by atoms with Crippen LogP contribution in [0.4, 0.5) is 0 Å². The van der Waals surface area contributed by atoms with E-state index in [0.29, 0.717) is 22.9 Å². The van der Waals surface area contributed by atoms with Crippen molar-refractivity contribution in [1.82, 2.24) is 10.3 Å². The number of fused-ring (bicyclic) bond motifs is 1. The molecule has 2 aromatic carbocycles. The summed E-state index contributed by atoms with van der Waals surface area (Å²) >= 11 is 1.41. The monoisotopic (exact) mass is 455 g/mol. The first-order valence-corrected chi connectivity index (χ1v) is 12.5. The van der Waals surface area contributed by atoms with E-state index in [1.807, 2.05) is 56.3 Å². The van der Waals surface area contributed by atoms with E-state index < -0.39 is 0 Å². The molecule has 0 unspecified atom stereocenters. The maximum Gasteiger partial charge on any atom is 0.234 e. The molecule has 0 aliphatic heterocycles. The maximum atomic E-state index is 13.0. The minimum Gasteiger partial charge on any atom is -0.349 e. The average molecular weight is 456 g/mol. The third kappa shape index (κ3) is 5.46. The number of nitriles is 1. The Morgan fingerprint density at radius 2 is 1.88 bits per heavy atom. The molecule has 1 N–H and O–H groups in total. The summed E-state index contributed by atoms with van der Waals surface area (Å²) in [6.45, 7) is 3.99. The van der Waals surface area contributed by atoms with Crippen molar-refractivity contribution in [3.63, 3.8) is 0 Å². The van der Waals surface area contributed by atoms with Crippen molar-refractivity contribution < 1.29 is 4.79 Å². The molecule has 0 saturated carbocycles. The predicted molar refractivity (Wildman–Crippen MR) is 133 cm³/mol. The SMILES string of the molecule is CC[C@H](Sc1nc2c(cc1C#N)C[C@@H](c1ccccc1)CC2)C(=O)N[C@H](C)c1ccccc1. The van der Waals surface area contributed by atoms with E-state index in [-0.39, 0.29) is 17.2 Å². The molecule has 33 heavy (non-hydrogen) atoms. The van der Waals surface area contributed by atoms with Crippen LogP contribution in [0.25, 0.3) is 0 Å². The van der Waals surface area contributed by atoms with Crippen molar-refractivity contribution in [3.05, 3.63) is 94.7 Å². The second-order valence-corrected chi connectivity index (χ2v) is 9.76. The summed E-state index contributed by atoms with van der Waals surface area (Å²) in [5.41, 5.74) is 5.20. The summed E-state index contributed by atoms with van der Waals surface area (Å²) in [6, 6.07) is 24.8. The Morgan fingerprint density at radius 1 is 1.18 bits per heavy atom. The van der Waals surface area contributed by atoms with Gasteiger partial charge in [-0.1, -0.05) is 79.3 Å². The molecule has 0 spiro atoms. The van der Waals surface area contributed by atoms with Crippen LogP contribution in [-0.2, 0) is 17.6 Å². The predicted octanol–water partition coefficient (Wildman–Crippen LogP) is 5.97. The fraction of sp³-hybridized carbons (Fsp3) is 0.321. The van der Waals surface area contributed by atoms with Gasteiger partial charge in [0.1, 0.15) is 11.1 Å². The van der Waals surface area contributed by atoms with E-state index in [2.05, 4.69) is 35.7 Å². The summed E-state index contributed by atoms with van der Waals surface area (Å²) in [6.07, 6.45) is 3.50. The van der Waals surface area contributed by atoms with Crippen LogP contribution in [0.15, 0.2) is 71.8 Å². The second kappa shape index (κ2) is 10.7. The van der Waals surface area contributed by atoms with Crippen LogP contribution in [0.3, 0.4) is 0 Å². The Labute approximate surface area is 200 Å². The number of aromatic nitrogens is 1. The molecule has 0 saturated heterocycles. The van der Waals surface area contributed by atoms with Gasteiger partial charge in [-0.2, -0.15) is 5.26 Å². The van der Waals surface area contributed by atoms with Gasteiger partial charge in [0.05, 0.1) is 16.9 Å². The van der Waals surface area contributed by atoms with Crippen molar-refractivity contribution >= 4 is 17.7 Å². The minimum atomic E-state index is -0.297. The average Bonchev–Trinajstić information content (AvgIpc) is 2.87. The van der Waals surface area contributed by atoms with Crippen molar-refractivity contribution in [2.75, 3.05) is 0 Å². The highest BCUT2D eigenvalue weighted by atomic mass is 32.2. The Bertz CT molecular complexity index is 1140. The molecule has 0 fully saturated rings. The number of pyridine rings is 1. The van der Waals surface area contributed by atoms with Gasteiger partial charge >= 0.3 is 0 Å². The quantitative estimate of drug-likeness (QED) is 0.446. The van der Waals surface area contributed by atoms with Gasteiger partial charge in [0, 0.05) is 5.69 Å². The molecule has 3 atom stereocenters. The fourth-order valence-electron chi connectivity index (χ4n) is 4.41. The normalized spacial score (nSPS) is 16.8. The van der Waals surface area contributed by atoms with Crippen LogP contribution in [-0.4, -0.2) is 16.1 Å². The molecular formula is C28H29N3OS. The standard InChI is InChI=1S/C28H29N3OS/c1-3-26(27(32)30-19(2)20-10-6-4-7-11-20)33-28-24(18-29)17-23-16-22(14-15-25(23)31-28)21-12-8-5-9-13-21/h4-13,17,19,22,26H,3,14-16H2,1-2H3,(H,30,32)/t19-,22+,26+/m1/s1. The van der Waals surface area contributed by atoms with Crippen molar-refractivity contribution in [2.45, 2.75) is 61.8 Å². The van der Waals surface area contributed by atoms with Crippen LogP contribution in [0, 0.1) is 11.3 Å². The highest BCUT2D eigenvalue weighted by Crippen LogP contribution is 2.35. The highest BCUT2D eigenvalue weighted by Gasteiger charge is 2.26. The molecule has 168 valence electrons. The molecule has 1 heterocycles. The largest absolute Gasteiger partial charge is 0.349 e. The van der Waals surface area contributed by atoms with E-state index in [9.17, 15) is 10.1 Å². The maximum absolute atomic E-state index is 13.0. The first-order valence-electron chi connectivity index (χ1n) is 11.6. The lowest BCUT2D eigenvalue weighted by Crippen LogP contribution is -2.34. The van der Waals surface area contributed by atoms with Crippen molar-refractivity contribution in [3.8, 4) is 6.07 Å². The van der Waals surface area contributed by atoms with Crippen LogP contribution < -0.4 is 5.32 Å². The number of aryl methyl sites for hydroxylation is 1. The molecule has 0 radical (unpaired) electrons. The number of amides is 1. The number of nitrogens with zero attached hydrogens (tertiary/aromatic N) is 2. The first-order chi connectivity index (χ1) is 16.1. The molecule has 1 aliphatic carbocycles. The molecule has 1 amide bonds. The summed E-state index contributed by atoms with van der Waals surface area (Å²) in [7, 11) is 0. The Hall–Kier alpha value is -3.10. The van der Waals surface area contributed by atoms with Gasteiger partial charge in [-0.25, -0.2) is 4.98 Å². The number of thioether (sulfide) groups is 1. The topological polar surface area (TPSA) is 65.8 Å². The lowest BCUT2D eigenvalue weighted by Gasteiger charge is -2.25. The van der Waals surface area contributed by atoms with Gasteiger partial charge < -0.3 is 5.32 Å². The van der Waals surface area contributed by atoms with E-state index in [1.165, 1.54) is 17.3 Å². The van der Waals surface area contributed by atoms with Gasteiger partial charge in [-0.3, -0.25) is 4.79 Å². The number of hydrogen-bond donors (Lipinski definition) is 1. The fourth-order valence-corrected chi connectivity index (χ4v) is 5.42. The molecule has 1 aromatic heterocycles. The third-order valence-electron chi connectivity index (χ3n) is 6.32. The molecule has 4 nitrogen and oxygen atoms in total. The summed E-state index contributed by atoms with van der Waals surface area (Å²) in [5, 5.41) is 13.3. The van der Waals surface area contributed by atoms with Gasteiger partial charge in [0.2, 0.25) is 5.91 Å².